The Kier molecular flexibility index (Phi) is 3.20. The minimum absolute atomic E-state index is 0.101. The van der Waals surface area contributed by atoms with Crippen LogP contribution in [-0.2, 0) is 11.2 Å². The molecule has 1 unspecified atom stereocenters. The minimum atomic E-state index is -0.680. The maximum atomic E-state index is 12.2. The Morgan fingerprint density at radius 1 is 1.47 bits per heavy atom. The third-order valence-corrected chi connectivity index (χ3v) is 3.57. The van der Waals surface area contributed by atoms with Gasteiger partial charge in [-0.1, -0.05) is 18.2 Å². The van der Waals surface area contributed by atoms with E-state index < -0.39 is 5.54 Å². The summed E-state index contributed by atoms with van der Waals surface area (Å²) in [5.74, 6) is 1.22. The van der Waals surface area contributed by atoms with Gasteiger partial charge in [0.2, 0.25) is 0 Å². The SMILES string of the molecule is COc1ccccc1CC(=O)C(C)(N)C1CC1. The van der Waals surface area contributed by atoms with E-state index in [0.717, 1.165) is 24.2 Å². The topological polar surface area (TPSA) is 52.3 Å². The molecule has 1 aromatic carbocycles. The summed E-state index contributed by atoms with van der Waals surface area (Å²) in [7, 11) is 1.62. The lowest BCUT2D eigenvalue weighted by molar-refractivity contribution is -0.123. The highest BCUT2D eigenvalue weighted by Crippen LogP contribution is 2.39. The Morgan fingerprint density at radius 2 is 2.12 bits per heavy atom. The molecule has 1 aliphatic rings. The fraction of sp³-hybridized carbons (Fsp3) is 0.500. The number of ether oxygens (including phenoxy) is 1. The largest absolute Gasteiger partial charge is 0.496 e. The first-order valence-corrected chi connectivity index (χ1v) is 5.99. The Hall–Kier alpha value is -1.35. The van der Waals surface area contributed by atoms with E-state index in [1.165, 1.54) is 0 Å². The molecule has 3 heteroatoms. The number of hydrogen-bond donors (Lipinski definition) is 1. The first-order chi connectivity index (χ1) is 8.05. The Bertz CT molecular complexity index is 422. The molecule has 1 aliphatic carbocycles. The van der Waals surface area contributed by atoms with E-state index in [-0.39, 0.29) is 5.78 Å². The molecular weight excluding hydrogens is 214 g/mol. The van der Waals surface area contributed by atoms with Crippen molar-refractivity contribution in [2.24, 2.45) is 11.7 Å². The summed E-state index contributed by atoms with van der Waals surface area (Å²) in [4.78, 5) is 12.2. The molecule has 0 aromatic heterocycles. The molecule has 0 radical (unpaired) electrons. The first kappa shape index (κ1) is 12.1. The van der Waals surface area contributed by atoms with Crippen molar-refractivity contribution >= 4 is 5.78 Å². The van der Waals surface area contributed by atoms with Gasteiger partial charge in [-0.15, -0.1) is 0 Å². The second-order valence-corrected chi connectivity index (χ2v) is 4.97. The van der Waals surface area contributed by atoms with Crippen LogP contribution in [0, 0.1) is 5.92 Å². The van der Waals surface area contributed by atoms with Crippen molar-refractivity contribution in [3.8, 4) is 5.75 Å². The molecule has 0 heterocycles. The van der Waals surface area contributed by atoms with Crippen molar-refractivity contribution in [1.29, 1.82) is 0 Å². The number of benzene rings is 1. The van der Waals surface area contributed by atoms with E-state index in [0.29, 0.717) is 12.3 Å². The predicted molar refractivity (Wildman–Crippen MR) is 67.0 cm³/mol. The molecule has 3 nitrogen and oxygen atoms in total. The molecule has 1 saturated carbocycles. The van der Waals surface area contributed by atoms with Crippen molar-refractivity contribution in [2.75, 3.05) is 7.11 Å². The summed E-state index contributed by atoms with van der Waals surface area (Å²) in [6, 6.07) is 7.60. The van der Waals surface area contributed by atoms with Gasteiger partial charge in [-0.3, -0.25) is 4.79 Å². The zero-order valence-corrected chi connectivity index (χ0v) is 10.4. The molecule has 1 aromatic rings. The second-order valence-electron chi connectivity index (χ2n) is 4.97. The van der Waals surface area contributed by atoms with Crippen molar-refractivity contribution in [1.82, 2.24) is 0 Å². The molecule has 1 fully saturated rings. The molecule has 0 bridgehead atoms. The number of carbonyl (C=O) groups excluding carboxylic acids is 1. The second kappa shape index (κ2) is 4.49. The van der Waals surface area contributed by atoms with Gasteiger partial charge in [0, 0.05) is 12.0 Å². The van der Waals surface area contributed by atoms with Gasteiger partial charge in [0.1, 0.15) is 5.75 Å². The Labute approximate surface area is 102 Å². The van der Waals surface area contributed by atoms with Crippen LogP contribution >= 0.6 is 0 Å². The predicted octanol–water partition coefficient (Wildman–Crippen LogP) is 1.93. The maximum Gasteiger partial charge on any atom is 0.157 e. The summed E-state index contributed by atoms with van der Waals surface area (Å²) in [5.41, 5.74) is 6.35. The van der Waals surface area contributed by atoms with Crippen LogP contribution in [0.1, 0.15) is 25.3 Å². The number of carbonyl (C=O) groups is 1. The number of rotatable bonds is 5. The highest BCUT2D eigenvalue weighted by molar-refractivity contribution is 5.90. The van der Waals surface area contributed by atoms with Crippen molar-refractivity contribution < 1.29 is 9.53 Å². The zero-order chi connectivity index (χ0) is 12.5. The van der Waals surface area contributed by atoms with E-state index in [9.17, 15) is 4.79 Å². The van der Waals surface area contributed by atoms with Crippen LogP contribution in [0.25, 0.3) is 0 Å². The van der Waals surface area contributed by atoms with E-state index in [1.807, 2.05) is 31.2 Å². The smallest absolute Gasteiger partial charge is 0.157 e. The number of ketones is 1. The third-order valence-electron chi connectivity index (χ3n) is 3.57. The first-order valence-electron chi connectivity index (χ1n) is 5.99. The van der Waals surface area contributed by atoms with Crippen LogP contribution < -0.4 is 10.5 Å². The molecule has 92 valence electrons. The van der Waals surface area contributed by atoms with Gasteiger partial charge in [0.25, 0.3) is 0 Å². The molecule has 1 atom stereocenters. The van der Waals surface area contributed by atoms with Gasteiger partial charge < -0.3 is 10.5 Å². The van der Waals surface area contributed by atoms with Gasteiger partial charge in [-0.05, 0) is 31.7 Å². The standard InChI is InChI=1S/C14H19NO2/c1-14(15,11-7-8-11)13(16)9-10-5-3-4-6-12(10)17-2/h3-6,11H,7-9,15H2,1-2H3. The zero-order valence-electron chi connectivity index (χ0n) is 10.4. The third kappa shape index (κ3) is 2.50. The minimum Gasteiger partial charge on any atom is -0.496 e. The molecule has 2 rings (SSSR count). The number of para-hydroxylation sites is 1. The number of Topliss-reactive ketones (excluding diaryl/α,β-unsaturated/α-hetero) is 1. The van der Waals surface area contributed by atoms with E-state index in [2.05, 4.69) is 0 Å². The molecule has 17 heavy (non-hydrogen) atoms. The van der Waals surface area contributed by atoms with Crippen molar-refractivity contribution in [3.05, 3.63) is 29.8 Å². The fourth-order valence-electron chi connectivity index (χ4n) is 2.12. The van der Waals surface area contributed by atoms with Gasteiger partial charge in [0.05, 0.1) is 12.6 Å². The Balaban J connectivity index is 2.12. The Morgan fingerprint density at radius 3 is 2.71 bits per heavy atom. The molecule has 0 aliphatic heterocycles. The highest BCUT2D eigenvalue weighted by atomic mass is 16.5. The van der Waals surface area contributed by atoms with Crippen LogP contribution in [0.2, 0.25) is 0 Å². The fourth-order valence-corrected chi connectivity index (χ4v) is 2.12. The normalized spacial score (nSPS) is 18.5. The van der Waals surface area contributed by atoms with Crippen molar-refractivity contribution in [3.63, 3.8) is 0 Å². The van der Waals surface area contributed by atoms with Crippen LogP contribution in [0.5, 0.6) is 5.75 Å². The lowest BCUT2D eigenvalue weighted by Crippen LogP contribution is -2.47. The average Bonchev–Trinajstić information content (AvgIpc) is 3.13. The van der Waals surface area contributed by atoms with Crippen LogP contribution in [-0.4, -0.2) is 18.4 Å². The highest BCUT2D eigenvalue weighted by Gasteiger charge is 2.43. The average molecular weight is 233 g/mol. The van der Waals surface area contributed by atoms with Gasteiger partial charge in [0.15, 0.2) is 5.78 Å². The summed E-state index contributed by atoms with van der Waals surface area (Å²) < 4.78 is 5.24. The van der Waals surface area contributed by atoms with Crippen LogP contribution in [0.15, 0.2) is 24.3 Å². The number of nitrogens with two attached hydrogens (primary N) is 1. The van der Waals surface area contributed by atoms with Crippen LogP contribution in [0.3, 0.4) is 0 Å². The lowest BCUT2D eigenvalue weighted by Gasteiger charge is -2.23. The van der Waals surface area contributed by atoms with E-state index in [4.69, 9.17) is 10.5 Å². The van der Waals surface area contributed by atoms with Gasteiger partial charge in [-0.25, -0.2) is 0 Å². The van der Waals surface area contributed by atoms with Gasteiger partial charge in [-0.2, -0.15) is 0 Å². The van der Waals surface area contributed by atoms with E-state index in [1.54, 1.807) is 7.11 Å². The maximum absolute atomic E-state index is 12.2. The van der Waals surface area contributed by atoms with Crippen molar-refractivity contribution in [2.45, 2.75) is 31.7 Å². The summed E-state index contributed by atoms with van der Waals surface area (Å²) in [6.45, 7) is 1.85. The van der Waals surface area contributed by atoms with Gasteiger partial charge >= 0.3 is 0 Å². The summed E-state index contributed by atoms with van der Waals surface area (Å²) >= 11 is 0. The quantitative estimate of drug-likeness (QED) is 0.845. The molecular formula is C14H19NO2. The number of hydrogen-bond acceptors (Lipinski definition) is 3. The lowest BCUT2D eigenvalue weighted by atomic mass is 9.88. The number of methoxy groups -OCH3 is 1. The summed E-state index contributed by atoms with van der Waals surface area (Å²) in [6.07, 6.45) is 2.50. The monoisotopic (exact) mass is 233 g/mol. The molecule has 0 spiro atoms. The van der Waals surface area contributed by atoms with Crippen LogP contribution in [0.4, 0.5) is 0 Å². The molecule has 2 N–H and O–H groups in total. The van der Waals surface area contributed by atoms with E-state index >= 15 is 0 Å². The summed E-state index contributed by atoms with van der Waals surface area (Å²) in [5, 5.41) is 0. The molecule has 0 amide bonds. The molecule has 0 saturated heterocycles.